The van der Waals surface area contributed by atoms with Crippen LogP contribution >= 0.6 is 0 Å². The lowest BCUT2D eigenvalue weighted by Gasteiger charge is -2.44. The van der Waals surface area contributed by atoms with Crippen LogP contribution in [0.1, 0.15) is 83.1 Å². The Kier molecular flexibility index (Phi) is 8.95. The van der Waals surface area contributed by atoms with Crippen molar-refractivity contribution in [3.05, 3.63) is 42.0 Å². The van der Waals surface area contributed by atoms with Gasteiger partial charge in [-0.15, -0.1) is 6.58 Å². The van der Waals surface area contributed by atoms with Crippen molar-refractivity contribution in [2.24, 2.45) is 0 Å². The van der Waals surface area contributed by atoms with Crippen LogP contribution in [0, 0.1) is 0 Å². The molecule has 3 rings (SSSR count). The normalized spacial score (nSPS) is 25.6. The third-order valence-electron chi connectivity index (χ3n) is 8.87. The van der Waals surface area contributed by atoms with E-state index in [-0.39, 0.29) is 40.5 Å². The number of cyclic esters (lactones) is 1. The van der Waals surface area contributed by atoms with E-state index in [0.717, 1.165) is 18.4 Å². The van der Waals surface area contributed by atoms with E-state index in [2.05, 4.69) is 74.3 Å². The van der Waals surface area contributed by atoms with E-state index in [1.807, 2.05) is 24.3 Å². The maximum atomic E-state index is 13.7. The fraction of sp³-hybridized carbons (Fsp3) is 0.700. The number of hydrogen-bond acceptors (Lipinski definition) is 5. The lowest BCUT2D eigenvalue weighted by Crippen LogP contribution is -2.48. The van der Waals surface area contributed by atoms with Crippen LogP contribution in [0.15, 0.2) is 30.9 Å². The molecule has 2 aliphatic heterocycles. The molecule has 2 aliphatic rings. The first-order valence-corrected chi connectivity index (χ1v) is 19.7. The van der Waals surface area contributed by atoms with Gasteiger partial charge < -0.3 is 18.3 Å². The standard InChI is InChI=1S/C30H50O5Si2/c1-12-14-22-18-24-20-25(34-36(8,9)29(2,3)4)19-23(32-24)17-21-15-13-16-26(27(21)28(31)33-22)35-37(10,11)30(5,6)7/h12-13,15-16,22-25H,1,14,17-20H2,2-11H3/t22-,23-,24-,25+/m1/s1. The summed E-state index contributed by atoms with van der Waals surface area (Å²) in [4.78, 5) is 13.7. The largest absolute Gasteiger partial charge is 0.543 e. The third-order valence-corrected chi connectivity index (χ3v) is 17.7. The van der Waals surface area contributed by atoms with Gasteiger partial charge in [-0.3, -0.25) is 0 Å². The van der Waals surface area contributed by atoms with Crippen LogP contribution in [0.5, 0.6) is 5.75 Å². The first-order valence-electron chi connectivity index (χ1n) is 13.9. The van der Waals surface area contributed by atoms with Crippen molar-refractivity contribution >= 4 is 22.6 Å². The molecule has 1 aromatic carbocycles. The number of esters is 1. The van der Waals surface area contributed by atoms with E-state index >= 15 is 0 Å². The van der Waals surface area contributed by atoms with Crippen molar-refractivity contribution in [3.8, 4) is 5.75 Å². The van der Waals surface area contributed by atoms with Crippen LogP contribution < -0.4 is 4.43 Å². The average Bonchev–Trinajstić information content (AvgIpc) is 2.71. The highest BCUT2D eigenvalue weighted by molar-refractivity contribution is 6.75. The lowest BCUT2D eigenvalue weighted by molar-refractivity contribution is -0.106. The van der Waals surface area contributed by atoms with Crippen LogP contribution in [-0.2, 0) is 20.3 Å². The zero-order chi connectivity index (χ0) is 27.8. The van der Waals surface area contributed by atoms with E-state index in [9.17, 15) is 4.79 Å². The van der Waals surface area contributed by atoms with Gasteiger partial charge in [0.1, 0.15) is 17.4 Å². The lowest BCUT2D eigenvalue weighted by atomic mass is 9.91. The minimum absolute atomic E-state index is 0.00893. The molecule has 0 unspecified atom stereocenters. The number of hydrogen-bond donors (Lipinski definition) is 0. The van der Waals surface area contributed by atoms with Gasteiger partial charge in [-0.2, -0.15) is 0 Å². The minimum atomic E-state index is -2.17. The first-order chi connectivity index (χ1) is 16.9. The summed E-state index contributed by atoms with van der Waals surface area (Å²) in [7, 11) is -4.10. The summed E-state index contributed by atoms with van der Waals surface area (Å²) in [5, 5.41) is 0.153. The molecule has 7 heteroatoms. The summed E-state index contributed by atoms with van der Waals surface area (Å²) in [5.74, 6) is 0.332. The first kappa shape index (κ1) is 30.1. The summed E-state index contributed by atoms with van der Waals surface area (Å²) in [6.07, 6.45) is 5.16. The van der Waals surface area contributed by atoms with E-state index in [1.54, 1.807) is 0 Å². The Morgan fingerprint density at radius 1 is 0.973 bits per heavy atom. The molecular formula is C30H50O5Si2. The SMILES string of the molecule is C=CC[C@@H]1C[C@@H]2C[C@@H](O[Si](C)(C)C(C)(C)C)C[C@@H](Cc3cccc(O[Si](C)(C)C(C)(C)C)c3C(=O)O1)O2. The molecular weight excluding hydrogens is 496 g/mol. The Bertz CT molecular complexity index is 973. The van der Waals surface area contributed by atoms with Crippen LogP contribution in [0.4, 0.5) is 0 Å². The molecule has 0 radical (unpaired) electrons. The number of rotatable bonds is 6. The van der Waals surface area contributed by atoms with Crippen molar-refractivity contribution in [2.45, 2.75) is 134 Å². The molecule has 0 N–H and O–H groups in total. The topological polar surface area (TPSA) is 54.0 Å². The highest BCUT2D eigenvalue weighted by Gasteiger charge is 2.43. The third kappa shape index (κ3) is 7.17. The van der Waals surface area contributed by atoms with Gasteiger partial charge in [0.25, 0.3) is 8.32 Å². The molecule has 2 heterocycles. The molecule has 4 atom stereocenters. The smallest absolute Gasteiger partial charge is 0.342 e. The molecule has 37 heavy (non-hydrogen) atoms. The quantitative estimate of drug-likeness (QED) is 0.205. The molecule has 0 aromatic heterocycles. The summed E-state index contributed by atoms with van der Waals surface area (Å²) >= 11 is 0. The Balaban J connectivity index is 2.00. The Labute approximate surface area is 227 Å². The molecule has 0 amide bonds. The molecule has 0 aliphatic carbocycles. The summed E-state index contributed by atoms with van der Waals surface area (Å²) in [6, 6.07) is 5.93. The highest BCUT2D eigenvalue weighted by Crippen LogP contribution is 2.42. The fourth-order valence-electron chi connectivity index (χ4n) is 4.66. The molecule has 5 nitrogen and oxygen atoms in total. The summed E-state index contributed by atoms with van der Waals surface area (Å²) in [5.41, 5.74) is 1.48. The number of carbonyl (C=O) groups is 1. The van der Waals surface area contributed by atoms with Crippen LogP contribution in [-0.4, -0.2) is 47.0 Å². The second-order valence-electron chi connectivity index (χ2n) is 14.0. The Hall–Kier alpha value is -1.42. The molecule has 0 spiro atoms. The molecule has 1 saturated heterocycles. The molecule has 1 aromatic rings. The molecule has 208 valence electrons. The number of benzene rings is 1. The van der Waals surface area contributed by atoms with Crippen LogP contribution in [0.2, 0.25) is 36.3 Å². The van der Waals surface area contributed by atoms with Crippen LogP contribution in [0.25, 0.3) is 0 Å². The second-order valence-corrected chi connectivity index (χ2v) is 23.5. The molecule has 0 saturated carbocycles. The highest BCUT2D eigenvalue weighted by atomic mass is 28.4. The van der Waals surface area contributed by atoms with Gasteiger partial charge in [0.05, 0.1) is 12.2 Å². The zero-order valence-corrected chi connectivity index (χ0v) is 26.9. The monoisotopic (exact) mass is 546 g/mol. The molecule has 1 fully saturated rings. The van der Waals surface area contributed by atoms with Crippen molar-refractivity contribution in [1.82, 2.24) is 0 Å². The Morgan fingerprint density at radius 2 is 1.59 bits per heavy atom. The minimum Gasteiger partial charge on any atom is -0.543 e. The van der Waals surface area contributed by atoms with Gasteiger partial charge >= 0.3 is 5.97 Å². The summed E-state index contributed by atoms with van der Waals surface area (Å²) < 4.78 is 26.3. The van der Waals surface area contributed by atoms with Crippen molar-refractivity contribution in [1.29, 1.82) is 0 Å². The van der Waals surface area contributed by atoms with Crippen LogP contribution in [0.3, 0.4) is 0 Å². The predicted molar refractivity (Wildman–Crippen MR) is 157 cm³/mol. The number of fused-ring (bicyclic) bond motifs is 3. The zero-order valence-electron chi connectivity index (χ0n) is 24.9. The fourth-order valence-corrected chi connectivity index (χ4v) is 7.06. The maximum Gasteiger partial charge on any atom is 0.342 e. The average molecular weight is 547 g/mol. The Morgan fingerprint density at radius 3 is 2.19 bits per heavy atom. The van der Waals surface area contributed by atoms with E-state index in [4.69, 9.17) is 18.3 Å². The van der Waals surface area contributed by atoms with Gasteiger partial charge in [0, 0.05) is 18.9 Å². The van der Waals surface area contributed by atoms with E-state index < -0.39 is 16.6 Å². The van der Waals surface area contributed by atoms with Gasteiger partial charge in [-0.05, 0) is 67.2 Å². The maximum absolute atomic E-state index is 13.7. The number of carbonyl (C=O) groups excluding carboxylic acids is 1. The number of ether oxygens (including phenoxy) is 2. The van der Waals surface area contributed by atoms with Gasteiger partial charge in [-0.25, -0.2) is 4.79 Å². The molecule has 2 bridgehead atoms. The van der Waals surface area contributed by atoms with E-state index in [0.29, 0.717) is 30.6 Å². The second kappa shape index (κ2) is 11.0. The van der Waals surface area contributed by atoms with Crippen molar-refractivity contribution in [3.63, 3.8) is 0 Å². The van der Waals surface area contributed by atoms with E-state index in [1.165, 1.54) is 0 Å². The summed E-state index contributed by atoms with van der Waals surface area (Å²) in [6.45, 7) is 26.4. The predicted octanol–water partition coefficient (Wildman–Crippen LogP) is 8.06. The van der Waals surface area contributed by atoms with Gasteiger partial charge in [0.2, 0.25) is 0 Å². The van der Waals surface area contributed by atoms with Crippen molar-refractivity contribution < 1.29 is 23.1 Å². The van der Waals surface area contributed by atoms with Gasteiger partial charge in [-0.1, -0.05) is 59.8 Å². The van der Waals surface area contributed by atoms with Gasteiger partial charge in [0.15, 0.2) is 8.32 Å². The van der Waals surface area contributed by atoms with Crippen molar-refractivity contribution in [2.75, 3.05) is 0 Å².